The fourth-order valence-electron chi connectivity index (χ4n) is 2.36. The van der Waals surface area contributed by atoms with Crippen molar-refractivity contribution in [3.63, 3.8) is 0 Å². The van der Waals surface area contributed by atoms with Gasteiger partial charge in [0.1, 0.15) is 11.6 Å². The minimum atomic E-state index is -0.417. The van der Waals surface area contributed by atoms with Crippen LogP contribution in [0.2, 0.25) is 0 Å². The number of carbonyl (C=O) groups is 1. The molecule has 0 unspecified atom stereocenters. The van der Waals surface area contributed by atoms with E-state index in [0.29, 0.717) is 22.9 Å². The topological polar surface area (TPSA) is 102 Å². The standard InChI is InChI=1S/C18H15N5O3/c1-25-14-7-6-12(9-15(14)26-2)18(24)22-17-13(10-19)11-21-23(17)16-5-3-4-8-20-16/h3-9,11H,1-2H3,(H,22,24). The number of ether oxygens (including phenoxy) is 2. The van der Waals surface area contributed by atoms with E-state index in [9.17, 15) is 10.1 Å². The van der Waals surface area contributed by atoms with Gasteiger partial charge in [-0.2, -0.15) is 15.0 Å². The highest BCUT2D eigenvalue weighted by Crippen LogP contribution is 2.28. The molecule has 3 aromatic rings. The monoisotopic (exact) mass is 349 g/mol. The van der Waals surface area contributed by atoms with Gasteiger partial charge in [0.2, 0.25) is 0 Å². The lowest BCUT2D eigenvalue weighted by Crippen LogP contribution is -2.16. The number of methoxy groups -OCH3 is 2. The highest BCUT2D eigenvalue weighted by atomic mass is 16.5. The van der Waals surface area contributed by atoms with Crippen LogP contribution < -0.4 is 14.8 Å². The second-order valence-electron chi connectivity index (χ2n) is 5.14. The molecule has 0 aliphatic heterocycles. The van der Waals surface area contributed by atoms with Crippen molar-refractivity contribution in [1.29, 1.82) is 5.26 Å². The molecule has 1 aromatic carbocycles. The fraction of sp³-hybridized carbons (Fsp3) is 0.111. The van der Waals surface area contributed by atoms with Crippen LogP contribution in [0.5, 0.6) is 11.5 Å². The number of amides is 1. The van der Waals surface area contributed by atoms with E-state index in [0.717, 1.165) is 0 Å². The summed E-state index contributed by atoms with van der Waals surface area (Å²) in [4.78, 5) is 16.8. The van der Waals surface area contributed by atoms with Crippen molar-refractivity contribution < 1.29 is 14.3 Å². The second-order valence-corrected chi connectivity index (χ2v) is 5.14. The van der Waals surface area contributed by atoms with Crippen molar-refractivity contribution in [3.8, 4) is 23.4 Å². The number of anilines is 1. The minimum Gasteiger partial charge on any atom is -0.493 e. The van der Waals surface area contributed by atoms with Crippen LogP contribution in [0.1, 0.15) is 15.9 Å². The first-order valence-corrected chi connectivity index (χ1v) is 7.61. The van der Waals surface area contributed by atoms with Gasteiger partial charge in [-0.25, -0.2) is 4.98 Å². The molecule has 8 nitrogen and oxygen atoms in total. The average Bonchev–Trinajstić information content (AvgIpc) is 3.10. The number of nitrogens with one attached hydrogen (secondary N) is 1. The number of nitrogens with zero attached hydrogens (tertiary/aromatic N) is 4. The molecular formula is C18H15N5O3. The summed E-state index contributed by atoms with van der Waals surface area (Å²) < 4.78 is 11.8. The zero-order chi connectivity index (χ0) is 18.5. The van der Waals surface area contributed by atoms with E-state index >= 15 is 0 Å². The van der Waals surface area contributed by atoms with E-state index in [-0.39, 0.29) is 11.4 Å². The lowest BCUT2D eigenvalue weighted by atomic mass is 10.2. The first kappa shape index (κ1) is 17.0. The van der Waals surface area contributed by atoms with E-state index in [1.807, 2.05) is 6.07 Å². The zero-order valence-electron chi connectivity index (χ0n) is 14.1. The maximum absolute atomic E-state index is 12.7. The molecule has 0 atom stereocenters. The van der Waals surface area contributed by atoms with Gasteiger partial charge in [0.25, 0.3) is 5.91 Å². The highest BCUT2D eigenvalue weighted by molar-refractivity contribution is 6.05. The molecule has 0 saturated heterocycles. The number of aromatic nitrogens is 3. The van der Waals surface area contributed by atoms with Crippen molar-refractivity contribution in [2.75, 3.05) is 19.5 Å². The summed E-state index contributed by atoms with van der Waals surface area (Å²) >= 11 is 0. The van der Waals surface area contributed by atoms with E-state index in [4.69, 9.17) is 9.47 Å². The Bertz CT molecular complexity index is 976. The lowest BCUT2D eigenvalue weighted by molar-refractivity contribution is 0.102. The Balaban J connectivity index is 1.95. The van der Waals surface area contributed by atoms with Crippen LogP contribution in [0.15, 0.2) is 48.8 Å². The van der Waals surface area contributed by atoms with Gasteiger partial charge in [-0.05, 0) is 30.3 Å². The summed E-state index contributed by atoms with van der Waals surface area (Å²) in [5, 5.41) is 16.2. The Hall–Kier alpha value is -3.86. The number of benzene rings is 1. The zero-order valence-corrected chi connectivity index (χ0v) is 14.1. The molecule has 1 N–H and O–H groups in total. The molecule has 0 aliphatic carbocycles. The number of nitriles is 1. The second kappa shape index (κ2) is 7.36. The Morgan fingerprint density at radius 3 is 2.65 bits per heavy atom. The van der Waals surface area contributed by atoms with Crippen molar-refractivity contribution in [2.24, 2.45) is 0 Å². The van der Waals surface area contributed by atoms with Gasteiger partial charge in [0.15, 0.2) is 23.1 Å². The summed E-state index contributed by atoms with van der Waals surface area (Å²) in [5.74, 6) is 1.25. The Kier molecular flexibility index (Phi) is 4.80. The molecule has 2 heterocycles. The van der Waals surface area contributed by atoms with Crippen molar-refractivity contribution in [3.05, 3.63) is 59.9 Å². The molecule has 0 bridgehead atoms. The van der Waals surface area contributed by atoms with Crippen LogP contribution in [0.4, 0.5) is 5.82 Å². The number of hydrogen-bond acceptors (Lipinski definition) is 6. The molecule has 0 saturated carbocycles. The lowest BCUT2D eigenvalue weighted by Gasteiger charge is -2.11. The summed E-state index contributed by atoms with van der Waals surface area (Å²) in [5.41, 5.74) is 0.574. The van der Waals surface area contributed by atoms with Gasteiger partial charge in [0.05, 0.1) is 20.4 Å². The van der Waals surface area contributed by atoms with Crippen LogP contribution >= 0.6 is 0 Å². The first-order chi connectivity index (χ1) is 12.7. The molecule has 3 rings (SSSR count). The smallest absolute Gasteiger partial charge is 0.256 e. The molecule has 130 valence electrons. The SMILES string of the molecule is COc1ccc(C(=O)Nc2c(C#N)cnn2-c2ccccn2)cc1OC. The Labute approximate surface area is 149 Å². The van der Waals surface area contributed by atoms with E-state index in [2.05, 4.69) is 15.4 Å². The summed E-state index contributed by atoms with van der Waals surface area (Å²) in [6, 6.07) is 12.1. The van der Waals surface area contributed by atoms with Crippen molar-refractivity contribution >= 4 is 11.7 Å². The molecule has 1 amide bonds. The average molecular weight is 349 g/mol. The summed E-state index contributed by atoms with van der Waals surface area (Å²) in [7, 11) is 3.01. The van der Waals surface area contributed by atoms with Crippen LogP contribution in [-0.2, 0) is 0 Å². The normalized spacial score (nSPS) is 10.0. The van der Waals surface area contributed by atoms with Gasteiger partial charge >= 0.3 is 0 Å². The predicted molar refractivity (Wildman–Crippen MR) is 93.6 cm³/mol. The Morgan fingerprint density at radius 2 is 2.00 bits per heavy atom. The minimum absolute atomic E-state index is 0.226. The third kappa shape index (κ3) is 3.18. The quantitative estimate of drug-likeness (QED) is 0.759. The molecular weight excluding hydrogens is 334 g/mol. The van der Waals surface area contributed by atoms with E-state index < -0.39 is 5.91 Å². The molecule has 8 heteroatoms. The third-order valence-electron chi connectivity index (χ3n) is 3.63. The maximum Gasteiger partial charge on any atom is 0.256 e. The highest BCUT2D eigenvalue weighted by Gasteiger charge is 2.18. The largest absolute Gasteiger partial charge is 0.493 e. The third-order valence-corrected chi connectivity index (χ3v) is 3.63. The number of carbonyl (C=O) groups excluding carboxylic acids is 1. The van der Waals surface area contributed by atoms with Gasteiger partial charge in [-0.1, -0.05) is 6.07 Å². The molecule has 0 spiro atoms. The summed E-state index contributed by atoms with van der Waals surface area (Å²) in [6.07, 6.45) is 2.97. The number of pyridine rings is 1. The molecule has 0 fully saturated rings. The van der Waals surface area contributed by atoms with Gasteiger partial charge in [0, 0.05) is 11.8 Å². The molecule has 0 aliphatic rings. The van der Waals surface area contributed by atoms with Gasteiger partial charge < -0.3 is 14.8 Å². The number of hydrogen-bond donors (Lipinski definition) is 1. The predicted octanol–water partition coefficient (Wildman–Crippen LogP) is 2.41. The molecule has 26 heavy (non-hydrogen) atoms. The first-order valence-electron chi connectivity index (χ1n) is 7.61. The van der Waals surface area contributed by atoms with Crippen LogP contribution in [0.25, 0.3) is 5.82 Å². The van der Waals surface area contributed by atoms with Crippen molar-refractivity contribution in [1.82, 2.24) is 14.8 Å². The molecule has 2 aromatic heterocycles. The van der Waals surface area contributed by atoms with Crippen LogP contribution in [-0.4, -0.2) is 34.9 Å². The van der Waals surface area contributed by atoms with E-state index in [1.54, 1.807) is 42.6 Å². The number of rotatable bonds is 5. The fourth-order valence-corrected chi connectivity index (χ4v) is 2.36. The van der Waals surface area contributed by atoms with Crippen LogP contribution in [0, 0.1) is 11.3 Å². The van der Waals surface area contributed by atoms with Crippen molar-refractivity contribution in [2.45, 2.75) is 0 Å². The summed E-state index contributed by atoms with van der Waals surface area (Å²) in [6.45, 7) is 0. The molecule has 0 radical (unpaired) electrons. The van der Waals surface area contributed by atoms with Gasteiger partial charge in [-0.3, -0.25) is 4.79 Å². The Morgan fingerprint density at radius 1 is 1.19 bits per heavy atom. The van der Waals surface area contributed by atoms with E-state index in [1.165, 1.54) is 25.1 Å². The van der Waals surface area contributed by atoms with Crippen LogP contribution in [0.3, 0.4) is 0 Å². The maximum atomic E-state index is 12.7. The van der Waals surface area contributed by atoms with Gasteiger partial charge in [-0.15, -0.1) is 0 Å².